The van der Waals surface area contributed by atoms with Gasteiger partial charge in [-0.2, -0.15) is 0 Å². The molecule has 1 saturated heterocycles. The molecule has 32 heavy (non-hydrogen) atoms. The predicted octanol–water partition coefficient (Wildman–Crippen LogP) is 6.90. The summed E-state index contributed by atoms with van der Waals surface area (Å²) in [4.78, 5) is 26.5. The van der Waals surface area contributed by atoms with Crippen LogP contribution in [0, 0.1) is 9.39 Å². The third-order valence-electron chi connectivity index (χ3n) is 4.69. The lowest BCUT2D eigenvalue weighted by molar-refractivity contribution is -0.123. The molecule has 162 valence electrons. The van der Waals surface area contributed by atoms with Crippen LogP contribution in [-0.2, 0) is 17.9 Å². The lowest BCUT2D eigenvalue weighted by atomic mass is 10.2. The normalized spacial score (nSPS) is 15.0. The molecule has 4 nitrogen and oxygen atoms in total. The fourth-order valence-corrected chi connectivity index (χ4v) is 4.47. The highest BCUT2D eigenvalue weighted by atomic mass is 127. The standard InChI is InChI=1S/C24H16ClFINO3S/c25-20-11-17(5-10-21(20)31-14-16-3-8-19(27)9-4-16)12-22-23(29)28(24(30)32-22)13-15-1-6-18(26)7-2-15/h1-12H,13-14H2. The van der Waals surface area contributed by atoms with E-state index in [-0.39, 0.29) is 23.5 Å². The van der Waals surface area contributed by atoms with Crippen molar-refractivity contribution in [1.29, 1.82) is 0 Å². The van der Waals surface area contributed by atoms with E-state index in [1.807, 2.05) is 24.3 Å². The Morgan fingerprint density at radius 3 is 2.38 bits per heavy atom. The van der Waals surface area contributed by atoms with Gasteiger partial charge >= 0.3 is 0 Å². The first-order valence-electron chi connectivity index (χ1n) is 9.55. The SMILES string of the molecule is O=C1SC(=Cc2ccc(OCc3ccc(I)cc3)c(Cl)c2)C(=O)N1Cc1ccc(F)cc1. The molecular weight excluding hydrogens is 564 g/mol. The number of amides is 2. The van der Waals surface area contributed by atoms with Gasteiger partial charge in [-0.3, -0.25) is 14.5 Å². The van der Waals surface area contributed by atoms with Crippen molar-refractivity contribution in [2.75, 3.05) is 0 Å². The topological polar surface area (TPSA) is 46.6 Å². The summed E-state index contributed by atoms with van der Waals surface area (Å²) >= 11 is 9.48. The molecule has 0 aromatic heterocycles. The molecule has 0 aliphatic carbocycles. The van der Waals surface area contributed by atoms with Crippen molar-refractivity contribution in [1.82, 2.24) is 4.90 Å². The lowest BCUT2D eigenvalue weighted by Crippen LogP contribution is -2.27. The van der Waals surface area contributed by atoms with Gasteiger partial charge in [0.1, 0.15) is 18.2 Å². The van der Waals surface area contributed by atoms with E-state index in [4.69, 9.17) is 16.3 Å². The summed E-state index contributed by atoms with van der Waals surface area (Å²) in [6.07, 6.45) is 1.63. The third-order valence-corrected chi connectivity index (χ3v) is 6.61. The third kappa shape index (κ3) is 5.51. The summed E-state index contributed by atoms with van der Waals surface area (Å²) in [5.41, 5.74) is 2.39. The van der Waals surface area contributed by atoms with E-state index in [0.717, 1.165) is 25.8 Å². The average Bonchev–Trinajstić information content (AvgIpc) is 3.03. The first-order valence-corrected chi connectivity index (χ1v) is 11.8. The maximum Gasteiger partial charge on any atom is 0.293 e. The van der Waals surface area contributed by atoms with E-state index in [2.05, 4.69) is 22.6 Å². The van der Waals surface area contributed by atoms with Crippen LogP contribution in [-0.4, -0.2) is 16.0 Å². The molecule has 1 aliphatic rings. The maximum atomic E-state index is 13.1. The largest absolute Gasteiger partial charge is 0.487 e. The smallest absolute Gasteiger partial charge is 0.293 e. The molecule has 1 heterocycles. The highest BCUT2D eigenvalue weighted by Crippen LogP contribution is 2.34. The Labute approximate surface area is 207 Å². The lowest BCUT2D eigenvalue weighted by Gasteiger charge is -2.12. The Bertz CT molecular complexity index is 1200. The molecule has 3 aromatic carbocycles. The second-order valence-electron chi connectivity index (χ2n) is 7.00. The van der Waals surface area contributed by atoms with E-state index < -0.39 is 0 Å². The summed E-state index contributed by atoms with van der Waals surface area (Å²) in [7, 11) is 0. The van der Waals surface area contributed by atoms with Gasteiger partial charge in [0.25, 0.3) is 11.1 Å². The van der Waals surface area contributed by atoms with Crippen molar-refractivity contribution >= 4 is 63.2 Å². The molecule has 1 aliphatic heterocycles. The zero-order valence-electron chi connectivity index (χ0n) is 16.6. The molecule has 8 heteroatoms. The van der Waals surface area contributed by atoms with Crippen molar-refractivity contribution in [3.05, 3.63) is 103 Å². The number of rotatable bonds is 6. The number of carbonyl (C=O) groups excluding carboxylic acids is 2. The van der Waals surface area contributed by atoms with Crippen LogP contribution in [0.1, 0.15) is 16.7 Å². The molecule has 0 spiro atoms. The summed E-state index contributed by atoms with van der Waals surface area (Å²) in [6.45, 7) is 0.479. The highest BCUT2D eigenvalue weighted by Gasteiger charge is 2.35. The Kier molecular flexibility index (Phi) is 7.17. The Morgan fingerprint density at radius 2 is 1.69 bits per heavy atom. The van der Waals surface area contributed by atoms with Crippen LogP contribution >= 0.6 is 46.0 Å². The number of thioether (sulfide) groups is 1. The van der Waals surface area contributed by atoms with Gasteiger partial charge in [-0.1, -0.05) is 41.9 Å². The number of hydrogen-bond acceptors (Lipinski definition) is 4. The molecule has 0 atom stereocenters. The fraction of sp³-hybridized carbons (Fsp3) is 0.0833. The van der Waals surface area contributed by atoms with Gasteiger partial charge in [0.2, 0.25) is 0 Å². The minimum Gasteiger partial charge on any atom is -0.487 e. The van der Waals surface area contributed by atoms with Crippen molar-refractivity contribution in [3.63, 3.8) is 0 Å². The Morgan fingerprint density at radius 1 is 1.00 bits per heavy atom. The number of benzene rings is 3. The molecule has 0 N–H and O–H groups in total. The van der Waals surface area contributed by atoms with Gasteiger partial charge in [-0.05, 0) is 93.5 Å². The van der Waals surface area contributed by atoms with Gasteiger partial charge in [-0.25, -0.2) is 4.39 Å². The molecule has 0 bridgehead atoms. The second kappa shape index (κ2) is 10.1. The van der Waals surface area contributed by atoms with E-state index in [1.54, 1.807) is 36.4 Å². The van der Waals surface area contributed by atoms with Gasteiger partial charge in [0, 0.05) is 3.57 Å². The van der Waals surface area contributed by atoms with E-state index in [1.165, 1.54) is 12.1 Å². The molecule has 4 rings (SSSR count). The maximum absolute atomic E-state index is 13.1. The van der Waals surface area contributed by atoms with Crippen LogP contribution in [0.15, 0.2) is 71.6 Å². The summed E-state index contributed by atoms with van der Waals surface area (Å²) in [5, 5.41) is 0.0453. The fourth-order valence-electron chi connectivity index (χ4n) is 3.03. The Hall–Kier alpha value is -2.36. The summed E-state index contributed by atoms with van der Waals surface area (Å²) in [5.74, 6) is -0.225. The van der Waals surface area contributed by atoms with Crippen LogP contribution < -0.4 is 4.74 Å². The minimum absolute atomic E-state index is 0.0916. The van der Waals surface area contributed by atoms with E-state index >= 15 is 0 Å². The van der Waals surface area contributed by atoms with Gasteiger partial charge in [-0.15, -0.1) is 0 Å². The number of nitrogens with zero attached hydrogens (tertiary/aromatic N) is 1. The minimum atomic E-state index is -0.389. The number of carbonyl (C=O) groups is 2. The number of ether oxygens (including phenoxy) is 1. The van der Waals surface area contributed by atoms with E-state index in [0.29, 0.717) is 33.4 Å². The summed E-state index contributed by atoms with van der Waals surface area (Å²) in [6, 6.07) is 18.9. The van der Waals surface area contributed by atoms with Crippen LogP contribution in [0.2, 0.25) is 5.02 Å². The Balaban J connectivity index is 1.44. The van der Waals surface area contributed by atoms with Crippen LogP contribution in [0.25, 0.3) is 6.08 Å². The zero-order valence-corrected chi connectivity index (χ0v) is 20.3. The van der Waals surface area contributed by atoms with E-state index in [9.17, 15) is 14.0 Å². The van der Waals surface area contributed by atoms with Crippen LogP contribution in [0.4, 0.5) is 9.18 Å². The average molecular weight is 580 g/mol. The predicted molar refractivity (Wildman–Crippen MR) is 133 cm³/mol. The zero-order chi connectivity index (χ0) is 22.7. The quantitative estimate of drug-likeness (QED) is 0.236. The molecule has 2 amide bonds. The van der Waals surface area contributed by atoms with Crippen molar-refractivity contribution in [2.45, 2.75) is 13.2 Å². The second-order valence-corrected chi connectivity index (χ2v) is 9.65. The first kappa shape index (κ1) is 22.8. The van der Waals surface area contributed by atoms with Crippen LogP contribution in [0.3, 0.4) is 0 Å². The monoisotopic (exact) mass is 579 g/mol. The van der Waals surface area contributed by atoms with Gasteiger partial charge in [0.05, 0.1) is 16.5 Å². The first-order chi connectivity index (χ1) is 15.4. The number of halogens is 3. The molecular formula is C24H16ClFINO3S. The molecule has 3 aromatic rings. The number of imide groups is 1. The highest BCUT2D eigenvalue weighted by molar-refractivity contribution is 14.1. The summed E-state index contributed by atoms with van der Waals surface area (Å²) < 4.78 is 20.0. The molecule has 0 saturated carbocycles. The van der Waals surface area contributed by atoms with Crippen molar-refractivity contribution < 1.29 is 18.7 Å². The van der Waals surface area contributed by atoms with Crippen molar-refractivity contribution in [2.24, 2.45) is 0 Å². The molecule has 0 unspecified atom stereocenters. The van der Waals surface area contributed by atoms with Crippen molar-refractivity contribution in [3.8, 4) is 5.75 Å². The van der Waals surface area contributed by atoms with Crippen LogP contribution in [0.5, 0.6) is 5.75 Å². The molecule has 1 fully saturated rings. The van der Waals surface area contributed by atoms with Gasteiger partial charge in [0.15, 0.2) is 0 Å². The van der Waals surface area contributed by atoms with Gasteiger partial charge < -0.3 is 4.74 Å². The number of hydrogen-bond donors (Lipinski definition) is 0. The molecule has 0 radical (unpaired) electrons.